The van der Waals surface area contributed by atoms with Crippen LogP contribution in [-0.4, -0.2) is 48.1 Å². The second-order valence-electron chi connectivity index (χ2n) is 5.54. The number of nitrogens with zero attached hydrogens (tertiary/aromatic N) is 3. The summed E-state index contributed by atoms with van der Waals surface area (Å²) in [4.78, 5) is 26.4. The summed E-state index contributed by atoms with van der Waals surface area (Å²) in [6.45, 7) is 3.25. The van der Waals surface area contributed by atoms with Crippen LogP contribution in [0.2, 0.25) is 0 Å². The van der Waals surface area contributed by atoms with Gasteiger partial charge in [-0.15, -0.1) is 0 Å². The van der Waals surface area contributed by atoms with Crippen LogP contribution in [0.25, 0.3) is 0 Å². The zero-order valence-corrected chi connectivity index (χ0v) is 14.2. The molecule has 3 rings (SSSR count). The van der Waals surface area contributed by atoms with Crippen LogP contribution in [0.5, 0.6) is 0 Å². The maximum Gasteiger partial charge on any atom is 0.317 e. The van der Waals surface area contributed by atoms with Crippen LogP contribution in [-0.2, 0) is 0 Å². The van der Waals surface area contributed by atoms with E-state index in [4.69, 9.17) is 0 Å². The fraction of sp³-hybridized carbons (Fsp3) is 0.500. The average molecular weight is 416 g/mol. The van der Waals surface area contributed by atoms with Crippen LogP contribution in [0.1, 0.15) is 12.8 Å². The molecule has 1 aromatic rings. The number of carbonyl (C=O) groups is 1. The molecule has 0 bridgehead atoms. The molecule has 0 unspecified atom stereocenters. The summed E-state index contributed by atoms with van der Waals surface area (Å²) >= 11 is 2.01. The molecule has 2 aliphatic rings. The van der Waals surface area contributed by atoms with Gasteiger partial charge in [0.25, 0.3) is 5.69 Å². The van der Waals surface area contributed by atoms with Crippen molar-refractivity contribution in [1.82, 2.24) is 10.2 Å². The Kier molecular flexibility index (Phi) is 4.37. The summed E-state index contributed by atoms with van der Waals surface area (Å²) in [5.41, 5.74) is 1.16. The lowest BCUT2D eigenvalue weighted by Gasteiger charge is -2.37. The third-order valence-electron chi connectivity index (χ3n) is 4.29. The molecule has 1 aromatic carbocycles. The number of anilines is 1. The van der Waals surface area contributed by atoms with E-state index < -0.39 is 0 Å². The van der Waals surface area contributed by atoms with Gasteiger partial charge in [-0.1, -0.05) is 0 Å². The number of nitro benzene ring substituents is 1. The Hall–Kier alpha value is -1.58. The van der Waals surface area contributed by atoms with Crippen molar-refractivity contribution in [2.24, 2.45) is 0 Å². The molecule has 2 heterocycles. The Morgan fingerprint density at radius 1 is 1.27 bits per heavy atom. The minimum Gasteiger partial charge on any atom is -0.371 e. The Morgan fingerprint density at radius 3 is 2.55 bits per heavy atom. The molecule has 0 aliphatic carbocycles. The van der Waals surface area contributed by atoms with Crippen molar-refractivity contribution in [2.45, 2.75) is 18.9 Å². The lowest BCUT2D eigenvalue weighted by molar-refractivity contribution is -0.385. The molecule has 0 aromatic heterocycles. The van der Waals surface area contributed by atoms with Gasteiger partial charge in [-0.25, -0.2) is 4.79 Å². The third kappa shape index (κ3) is 2.96. The van der Waals surface area contributed by atoms with Crippen molar-refractivity contribution < 1.29 is 9.72 Å². The fourth-order valence-corrected chi connectivity index (χ4v) is 3.81. The predicted octanol–water partition coefficient (Wildman–Crippen LogP) is 2.19. The summed E-state index contributed by atoms with van der Waals surface area (Å²) < 4.78 is 0.654. The number of nitrogens with one attached hydrogen (secondary N) is 1. The number of urea groups is 1. The largest absolute Gasteiger partial charge is 0.371 e. The average Bonchev–Trinajstić information content (AvgIpc) is 2.93. The highest BCUT2D eigenvalue weighted by Crippen LogP contribution is 2.29. The molecule has 0 saturated carbocycles. The SMILES string of the molecule is O=C1NCCN1C1CCN(c2ccc([N+](=O)[O-])c(I)c2)CC1. The smallest absolute Gasteiger partial charge is 0.317 e. The van der Waals surface area contributed by atoms with Crippen LogP contribution in [0.4, 0.5) is 16.2 Å². The Labute approximate surface area is 141 Å². The molecule has 22 heavy (non-hydrogen) atoms. The number of amides is 2. The van der Waals surface area contributed by atoms with E-state index >= 15 is 0 Å². The summed E-state index contributed by atoms with van der Waals surface area (Å²) in [7, 11) is 0. The fourth-order valence-electron chi connectivity index (χ4n) is 3.11. The predicted molar refractivity (Wildman–Crippen MR) is 91.2 cm³/mol. The van der Waals surface area contributed by atoms with Crippen molar-refractivity contribution in [1.29, 1.82) is 0 Å². The molecule has 0 radical (unpaired) electrons. The molecule has 2 aliphatic heterocycles. The topological polar surface area (TPSA) is 78.7 Å². The van der Waals surface area contributed by atoms with E-state index in [0.717, 1.165) is 44.7 Å². The lowest BCUT2D eigenvalue weighted by Crippen LogP contribution is -2.46. The van der Waals surface area contributed by atoms with Crippen LogP contribution in [0.3, 0.4) is 0 Å². The highest BCUT2D eigenvalue weighted by Gasteiger charge is 2.30. The van der Waals surface area contributed by atoms with E-state index in [9.17, 15) is 14.9 Å². The molecule has 118 valence electrons. The van der Waals surface area contributed by atoms with Crippen molar-refractivity contribution in [3.8, 4) is 0 Å². The second-order valence-corrected chi connectivity index (χ2v) is 6.70. The van der Waals surface area contributed by atoms with Gasteiger partial charge in [0.15, 0.2) is 0 Å². The Morgan fingerprint density at radius 2 is 2.00 bits per heavy atom. The number of benzene rings is 1. The molecule has 0 atom stereocenters. The van der Waals surface area contributed by atoms with E-state index in [2.05, 4.69) is 10.2 Å². The van der Waals surface area contributed by atoms with Crippen LogP contribution in [0, 0.1) is 13.7 Å². The first-order valence-corrected chi connectivity index (χ1v) is 8.37. The number of halogens is 1. The molecular weight excluding hydrogens is 399 g/mol. The maximum absolute atomic E-state index is 11.7. The zero-order chi connectivity index (χ0) is 15.7. The highest BCUT2D eigenvalue weighted by atomic mass is 127. The number of piperidine rings is 1. The van der Waals surface area contributed by atoms with Crippen LogP contribution in [0.15, 0.2) is 18.2 Å². The molecular formula is C14H17IN4O3. The van der Waals surface area contributed by atoms with Gasteiger partial charge < -0.3 is 15.1 Å². The van der Waals surface area contributed by atoms with Gasteiger partial charge in [0.1, 0.15) is 0 Å². The molecule has 2 amide bonds. The third-order valence-corrected chi connectivity index (χ3v) is 5.15. The van der Waals surface area contributed by atoms with E-state index in [1.54, 1.807) is 6.07 Å². The van der Waals surface area contributed by atoms with Gasteiger partial charge in [-0.2, -0.15) is 0 Å². The minimum absolute atomic E-state index is 0.0448. The molecule has 2 saturated heterocycles. The first kappa shape index (κ1) is 15.3. The van der Waals surface area contributed by atoms with Crippen molar-refractivity contribution in [3.63, 3.8) is 0 Å². The van der Waals surface area contributed by atoms with E-state index in [1.807, 2.05) is 39.6 Å². The highest BCUT2D eigenvalue weighted by molar-refractivity contribution is 14.1. The standard InChI is InChI=1S/C14H17IN4O3/c15-12-9-11(1-2-13(12)19(21)22)17-6-3-10(4-7-17)18-8-5-16-14(18)20/h1-2,9-10H,3-8H2,(H,16,20). The summed E-state index contributed by atoms with van der Waals surface area (Å²) in [6.07, 6.45) is 1.86. The summed E-state index contributed by atoms with van der Waals surface area (Å²) in [5, 5.41) is 13.7. The van der Waals surface area contributed by atoms with Gasteiger partial charge in [0, 0.05) is 44.0 Å². The first-order valence-electron chi connectivity index (χ1n) is 7.29. The zero-order valence-electron chi connectivity index (χ0n) is 12.0. The first-order chi connectivity index (χ1) is 10.6. The van der Waals surface area contributed by atoms with Crippen LogP contribution < -0.4 is 10.2 Å². The monoisotopic (exact) mass is 416 g/mol. The van der Waals surface area contributed by atoms with Crippen molar-refractivity contribution in [3.05, 3.63) is 31.9 Å². The van der Waals surface area contributed by atoms with Gasteiger partial charge in [-0.3, -0.25) is 10.1 Å². The lowest BCUT2D eigenvalue weighted by atomic mass is 10.0. The summed E-state index contributed by atoms with van der Waals surface area (Å²) in [5.74, 6) is 0. The molecule has 1 N–H and O–H groups in total. The Balaban J connectivity index is 1.65. The van der Waals surface area contributed by atoms with Gasteiger partial charge in [0.05, 0.1) is 8.49 Å². The van der Waals surface area contributed by atoms with Gasteiger partial charge in [-0.05, 0) is 47.6 Å². The number of hydrogen-bond donors (Lipinski definition) is 1. The molecule has 2 fully saturated rings. The normalized spacial score (nSPS) is 19.4. The van der Waals surface area contributed by atoms with E-state index in [1.165, 1.54) is 0 Å². The second kappa shape index (κ2) is 6.27. The van der Waals surface area contributed by atoms with E-state index in [0.29, 0.717) is 9.61 Å². The molecule has 0 spiro atoms. The summed E-state index contributed by atoms with van der Waals surface area (Å²) in [6, 6.07) is 5.58. The van der Waals surface area contributed by atoms with Crippen LogP contribution >= 0.6 is 22.6 Å². The number of hydrogen-bond acceptors (Lipinski definition) is 4. The van der Waals surface area contributed by atoms with Gasteiger partial charge >= 0.3 is 6.03 Å². The number of carbonyl (C=O) groups excluding carboxylic acids is 1. The van der Waals surface area contributed by atoms with Crippen molar-refractivity contribution in [2.75, 3.05) is 31.1 Å². The van der Waals surface area contributed by atoms with Crippen molar-refractivity contribution >= 4 is 40.0 Å². The minimum atomic E-state index is -0.357. The quantitative estimate of drug-likeness (QED) is 0.466. The number of rotatable bonds is 3. The number of nitro groups is 1. The van der Waals surface area contributed by atoms with E-state index in [-0.39, 0.29) is 16.6 Å². The maximum atomic E-state index is 11.7. The molecule has 8 heteroatoms. The Bertz CT molecular complexity index is 602. The molecule has 7 nitrogen and oxygen atoms in total. The van der Waals surface area contributed by atoms with Gasteiger partial charge in [0.2, 0.25) is 0 Å².